The third-order valence-electron chi connectivity index (χ3n) is 7.96. The second kappa shape index (κ2) is 5.43. The first-order valence-corrected chi connectivity index (χ1v) is 10.2. The average molecular weight is 375 g/mol. The minimum absolute atomic E-state index is 0.0126. The van der Waals surface area contributed by atoms with E-state index in [9.17, 15) is 14.9 Å². The van der Waals surface area contributed by atoms with Crippen LogP contribution in [0.4, 0.5) is 5.69 Å². The van der Waals surface area contributed by atoms with Crippen molar-refractivity contribution in [3.05, 3.63) is 75.3 Å². The number of carbonyl (C=O) groups excluding carboxylic acids is 1. The summed E-state index contributed by atoms with van der Waals surface area (Å²) in [5.74, 6) is 1.97. The number of nitrogens with zero attached hydrogens (tertiary/aromatic N) is 1. The molecule has 0 saturated heterocycles. The van der Waals surface area contributed by atoms with Crippen LogP contribution < -0.4 is 0 Å². The zero-order chi connectivity index (χ0) is 19.0. The Balaban J connectivity index is 1.38. The van der Waals surface area contributed by atoms with Crippen LogP contribution in [0.2, 0.25) is 0 Å². The van der Waals surface area contributed by atoms with Gasteiger partial charge in [-0.1, -0.05) is 24.3 Å². The molecule has 0 aliphatic heterocycles. The molecule has 6 rings (SSSR count). The number of carbonyl (C=O) groups is 1. The van der Waals surface area contributed by atoms with Gasteiger partial charge in [0.2, 0.25) is 0 Å². The van der Waals surface area contributed by atoms with Crippen LogP contribution in [0.15, 0.2) is 48.5 Å². The van der Waals surface area contributed by atoms with E-state index >= 15 is 0 Å². The zero-order valence-corrected chi connectivity index (χ0v) is 15.4. The fourth-order valence-corrected chi connectivity index (χ4v) is 7.16. The van der Waals surface area contributed by atoms with Crippen LogP contribution in [0.3, 0.4) is 0 Å². The van der Waals surface area contributed by atoms with Crippen molar-refractivity contribution in [2.45, 2.75) is 43.1 Å². The summed E-state index contributed by atoms with van der Waals surface area (Å²) in [4.78, 5) is 23.5. The van der Waals surface area contributed by atoms with Crippen molar-refractivity contribution in [1.29, 1.82) is 0 Å². The van der Waals surface area contributed by atoms with Gasteiger partial charge < -0.3 is 4.74 Å². The number of non-ortho nitro benzene ring substituents is 1. The van der Waals surface area contributed by atoms with Gasteiger partial charge in [-0.15, -0.1) is 0 Å². The van der Waals surface area contributed by atoms with Gasteiger partial charge >= 0.3 is 5.97 Å². The number of nitro benzene ring substituents is 1. The number of esters is 1. The SMILES string of the molecule is O=C(O[C@]12[C@@H]3CC[C@H](C3)[C@@H]1[C@H]1C[C@@H]2c2ccccc21)c1ccc([N+](=O)[O-])cc1. The van der Waals surface area contributed by atoms with E-state index in [0.29, 0.717) is 29.2 Å². The lowest BCUT2D eigenvalue weighted by Gasteiger charge is -2.46. The van der Waals surface area contributed by atoms with E-state index < -0.39 is 4.92 Å². The standard InChI is InChI=1S/C23H21NO4/c25-22(13-6-9-16(10-7-13)24(26)27)28-23-15-8-5-14(11-15)21(23)19-12-20(23)18-4-2-1-3-17(18)19/h1-4,6-7,9-10,14-15,19-21H,5,8,11-12H2/t14-,15-,19+,20-,21-,23+/m1/s1. The Bertz CT molecular complexity index is 1000. The molecule has 0 amide bonds. The molecule has 0 N–H and O–H groups in total. The minimum Gasteiger partial charge on any atom is -0.454 e. The molecular formula is C23H21NO4. The van der Waals surface area contributed by atoms with Crippen LogP contribution in [-0.2, 0) is 4.74 Å². The molecule has 28 heavy (non-hydrogen) atoms. The summed E-state index contributed by atoms with van der Waals surface area (Å²) >= 11 is 0. The van der Waals surface area contributed by atoms with E-state index in [0.717, 1.165) is 12.8 Å². The van der Waals surface area contributed by atoms with E-state index in [4.69, 9.17) is 4.74 Å². The van der Waals surface area contributed by atoms with Crippen molar-refractivity contribution in [3.8, 4) is 0 Å². The summed E-state index contributed by atoms with van der Waals surface area (Å²) < 4.78 is 6.43. The lowest BCUT2D eigenvalue weighted by atomic mass is 9.65. The largest absolute Gasteiger partial charge is 0.454 e. The third kappa shape index (κ3) is 1.89. The quantitative estimate of drug-likeness (QED) is 0.334. The van der Waals surface area contributed by atoms with Crippen LogP contribution in [0.5, 0.6) is 0 Å². The molecule has 0 aromatic heterocycles. The maximum absolute atomic E-state index is 13.1. The lowest BCUT2D eigenvalue weighted by molar-refractivity contribution is -0.384. The van der Waals surface area contributed by atoms with E-state index in [1.807, 2.05) is 0 Å². The van der Waals surface area contributed by atoms with E-state index in [1.165, 1.54) is 48.2 Å². The van der Waals surface area contributed by atoms with Gasteiger partial charge in [-0.3, -0.25) is 10.1 Å². The summed E-state index contributed by atoms with van der Waals surface area (Å²) in [5.41, 5.74) is 2.83. The monoisotopic (exact) mass is 375 g/mol. The molecule has 3 saturated carbocycles. The molecule has 4 bridgehead atoms. The predicted octanol–water partition coefficient (Wildman–Crippen LogP) is 4.82. The lowest BCUT2D eigenvalue weighted by Crippen LogP contribution is -2.50. The van der Waals surface area contributed by atoms with Gasteiger partial charge in [-0.05, 0) is 60.8 Å². The highest BCUT2D eigenvalue weighted by Gasteiger charge is 2.72. The molecule has 5 nitrogen and oxygen atoms in total. The first-order chi connectivity index (χ1) is 13.6. The van der Waals surface area contributed by atoms with Gasteiger partial charge in [0.15, 0.2) is 0 Å². The van der Waals surface area contributed by atoms with Gasteiger partial charge in [0.25, 0.3) is 5.69 Å². The number of fused-ring (bicyclic) bond motifs is 12. The molecule has 4 aliphatic rings. The smallest absolute Gasteiger partial charge is 0.338 e. The number of hydrogen-bond donors (Lipinski definition) is 0. The zero-order valence-electron chi connectivity index (χ0n) is 15.4. The van der Waals surface area contributed by atoms with Crippen LogP contribution in [0.25, 0.3) is 0 Å². The maximum Gasteiger partial charge on any atom is 0.338 e. The summed E-state index contributed by atoms with van der Waals surface area (Å²) in [5, 5.41) is 10.9. The van der Waals surface area contributed by atoms with E-state index in [-0.39, 0.29) is 23.2 Å². The Morgan fingerprint density at radius 2 is 1.79 bits per heavy atom. The predicted molar refractivity (Wildman–Crippen MR) is 102 cm³/mol. The van der Waals surface area contributed by atoms with Crippen molar-refractivity contribution in [3.63, 3.8) is 0 Å². The number of rotatable bonds is 3. The molecule has 0 spiro atoms. The first-order valence-electron chi connectivity index (χ1n) is 10.2. The molecule has 142 valence electrons. The normalized spacial score (nSPS) is 36.2. The Morgan fingerprint density at radius 1 is 1.04 bits per heavy atom. The van der Waals surface area contributed by atoms with Gasteiger partial charge in [0.05, 0.1) is 10.5 Å². The second-order valence-corrected chi connectivity index (χ2v) is 8.87. The minimum atomic E-state index is -0.452. The molecule has 0 radical (unpaired) electrons. The molecule has 6 atom stereocenters. The molecule has 0 unspecified atom stereocenters. The molecule has 2 aromatic rings. The van der Waals surface area contributed by atoms with Crippen molar-refractivity contribution in [1.82, 2.24) is 0 Å². The summed E-state index contributed by atoms with van der Waals surface area (Å²) in [7, 11) is 0. The Morgan fingerprint density at radius 3 is 2.54 bits per heavy atom. The number of hydrogen-bond acceptors (Lipinski definition) is 4. The molecule has 5 heteroatoms. The number of benzene rings is 2. The Labute approximate surface area is 162 Å². The van der Waals surface area contributed by atoms with Crippen LogP contribution in [-0.4, -0.2) is 16.5 Å². The van der Waals surface area contributed by atoms with Gasteiger partial charge in [-0.2, -0.15) is 0 Å². The molecule has 2 aromatic carbocycles. The van der Waals surface area contributed by atoms with Gasteiger partial charge in [0.1, 0.15) is 5.60 Å². The van der Waals surface area contributed by atoms with Crippen molar-refractivity contribution in [2.24, 2.45) is 17.8 Å². The highest BCUT2D eigenvalue weighted by molar-refractivity contribution is 5.90. The van der Waals surface area contributed by atoms with Crippen molar-refractivity contribution < 1.29 is 14.5 Å². The fourth-order valence-electron chi connectivity index (χ4n) is 7.16. The highest BCUT2D eigenvalue weighted by atomic mass is 16.6. The molecular weight excluding hydrogens is 354 g/mol. The maximum atomic E-state index is 13.1. The molecule has 3 fully saturated rings. The molecule has 0 heterocycles. The van der Waals surface area contributed by atoms with Crippen LogP contribution in [0, 0.1) is 27.9 Å². The van der Waals surface area contributed by atoms with Crippen molar-refractivity contribution >= 4 is 11.7 Å². The van der Waals surface area contributed by atoms with Crippen LogP contribution in [0.1, 0.15) is 59.0 Å². The molecule has 4 aliphatic carbocycles. The summed E-state index contributed by atoms with van der Waals surface area (Å²) in [6, 6.07) is 14.5. The topological polar surface area (TPSA) is 69.4 Å². The van der Waals surface area contributed by atoms with Gasteiger partial charge in [-0.25, -0.2) is 4.79 Å². The number of nitro groups is 1. The van der Waals surface area contributed by atoms with Gasteiger partial charge in [0, 0.05) is 29.9 Å². The Kier molecular flexibility index (Phi) is 3.16. The van der Waals surface area contributed by atoms with Crippen LogP contribution >= 0.6 is 0 Å². The van der Waals surface area contributed by atoms with E-state index in [2.05, 4.69) is 24.3 Å². The second-order valence-electron chi connectivity index (χ2n) is 8.87. The first kappa shape index (κ1) is 16.3. The van der Waals surface area contributed by atoms with Crippen molar-refractivity contribution in [2.75, 3.05) is 0 Å². The Hall–Kier alpha value is -2.69. The average Bonchev–Trinajstić information content (AvgIpc) is 3.46. The fraction of sp³-hybridized carbons (Fsp3) is 0.435. The summed E-state index contributed by atoms with van der Waals surface area (Å²) in [6.45, 7) is 0. The highest BCUT2D eigenvalue weighted by Crippen LogP contribution is 2.74. The van der Waals surface area contributed by atoms with E-state index in [1.54, 1.807) is 0 Å². The number of ether oxygens (including phenoxy) is 1. The summed E-state index contributed by atoms with van der Waals surface area (Å²) in [6.07, 6.45) is 4.64. The third-order valence-corrected chi connectivity index (χ3v) is 7.96.